The molecule has 0 atom stereocenters. The van der Waals surface area contributed by atoms with Gasteiger partial charge in [0.2, 0.25) is 5.95 Å². The molecule has 100 valence electrons. The van der Waals surface area contributed by atoms with Crippen LogP contribution >= 0.6 is 0 Å². The first-order valence-electron chi connectivity index (χ1n) is 7.01. The van der Waals surface area contributed by atoms with E-state index in [4.69, 9.17) is 0 Å². The highest BCUT2D eigenvalue weighted by molar-refractivity contribution is 5.29. The van der Waals surface area contributed by atoms with Gasteiger partial charge in [-0.05, 0) is 31.9 Å². The van der Waals surface area contributed by atoms with Gasteiger partial charge in [0.25, 0.3) is 0 Å². The molecule has 2 heterocycles. The smallest absolute Gasteiger partial charge is 0.203 e. The van der Waals surface area contributed by atoms with E-state index in [1.165, 1.54) is 25.7 Å². The summed E-state index contributed by atoms with van der Waals surface area (Å²) in [6.07, 6.45) is 9.05. The SMILES string of the molecule is Cc1cccc(Cn2ccnc2NC2CCCC2)n1. The van der Waals surface area contributed by atoms with Crippen molar-refractivity contribution in [2.24, 2.45) is 0 Å². The van der Waals surface area contributed by atoms with Crippen molar-refractivity contribution >= 4 is 5.95 Å². The fourth-order valence-electron chi connectivity index (χ4n) is 2.69. The zero-order valence-corrected chi connectivity index (χ0v) is 11.3. The zero-order chi connectivity index (χ0) is 13.1. The summed E-state index contributed by atoms with van der Waals surface area (Å²) in [5.41, 5.74) is 2.13. The molecular weight excluding hydrogens is 236 g/mol. The number of hydrogen-bond donors (Lipinski definition) is 1. The molecular formula is C15H20N4. The molecule has 1 N–H and O–H groups in total. The third kappa shape index (κ3) is 2.95. The Kier molecular flexibility index (Phi) is 3.49. The molecule has 0 aromatic carbocycles. The Labute approximate surface area is 113 Å². The van der Waals surface area contributed by atoms with Gasteiger partial charge < -0.3 is 9.88 Å². The Morgan fingerprint density at radius 2 is 2.16 bits per heavy atom. The summed E-state index contributed by atoms with van der Waals surface area (Å²) in [7, 11) is 0. The molecule has 0 aliphatic heterocycles. The average molecular weight is 256 g/mol. The lowest BCUT2D eigenvalue weighted by Crippen LogP contribution is -2.18. The summed E-state index contributed by atoms with van der Waals surface area (Å²) in [4.78, 5) is 8.97. The van der Waals surface area contributed by atoms with Crippen LogP contribution in [0.15, 0.2) is 30.6 Å². The standard InChI is InChI=1S/C15H20N4/c1-12-5-4-8-14(17-12)11-19-10-9-16-15(19)18-13-6-2-3-7-13/h4-5,8-10,13H,2-3,6-7,11H2,1H3,(H,16,18). The van der Waals surface area contributed by atoms with Crippen LogP contribution in [0.25, 0.3) is 0 Å². The van der Waals surface area contributed by atoms with Crippen molar-refractivity contribution in [3.8, 4) is 0 Å². The predicted octanol–water partition coefficient (Wildman–Crippen LogP) is 2.99. The lowest BCUT2D eigenvalue weighted by Gasteiger charge is -2.14. The maximum absolute atomic E-state index is 4.54. The molecule has 0 unspecified atom stereocenters. The lowest BCUT2D eigenvalue weighted by atomic mass is 10.2. The van der Waals surface area contributed by atoms with E-state index in [2.05, 4.69) is 32.0 Å². The summed E-state index contributed by atoms with van der Waals surface area (Å²) >= 11 is 0. The first kappa shape index (κ1) is 12.2. The van der Waals surface area contributed by atoms with Crippen LogP contribution in [0, 0.1) is 6.92 Å². The summed E-state index contributed by atoms with van der Waals surface area (Å²) in [5.74, 6) is 0.968. The largest absolute Gasteiger partial charge is 0.353 e. The molecule has 3 rings (SSSR count). The number of imidazole rings is 1. The van der Waals surface area contributed by atoms with Crippen LogP contribution < -0.4 is 5.32 Å². The van der Waals surface area contributed by atoms with Gasteiger partial charge in [0.1, 0.15) is 0 Å². The van der Waals surface area contributed by atoms with Crippen LogP contribution in [-0.4, -0.2) is 20.6 Å². The monoisotopic (exact) mass is 256 g/mol. The third-order valence-electron chi connectivity index (χ3n) is 3.68. The fraction of sp³-hybridized carbons (Fsp3) is 0.467. The topological polar surface area (TPSA) is 42.7 Å². The van der Waals surface area contributed by atoms with E-state index in [0.29, 0.717) is 6.04 Å². The molecule has 1 aliphatic carbocycles. The van der Waals surface area contributed by atoms with Crippen molar-refractivity contribution in [3.63, 3.8) is 0 Å². The van der Waals surface area contributed by atoms with Crippen molar-refractivity contribution < 1.29 is 0 Å². The molecule has 1 aliphatic rings. The zero-order valence-electron chi connectivity index (χ0n) is 11.3. The maximum atomic E-state index is 4.54. The first-order valence-corrected chi connectivity index (χ1v) is 7.01. The van der Waals surface area contributed by atoms with Gasteiger partial charge in [0.05, 0.1) is 12.2 Å². The van der Waals surface area contributed by atoms with Crippen LogP contribution in [0.3, 0.4) is 0 Å². The van der Waals surface area contributed by atoms with Gasteiger partial charge in [0.15, 0.2) is 0 Å². The summed E-state index contributed by atoms with van der Waals surface area (Å²) in [6, 6.07) is 6.73. The van der Waals surface area contributed by atoms with Gasteiger partial charge in [-0.25, -0.2) is 4.98 Å². The minimum atomic E-state index is 0.589. The van der Waals surface area contributed by atoms with Gasteiger partial charge in [-0.15, -0.1) is 0 Å². The van der Waals surface area contributed by atoms with Crippen LogP contribution in [-0.2, 0) is 6.54 Å². The van der Waals surface area contributed by atoms with E-state index in [0.717, 1.165) is 23.9 Å². The minimum Gasteiger partial charge on any atom is -0.353 e. The summed E-state index contributed by atoms with van der Waals surface area (Å²) < 4.78 is 2.14. The highest BCUT2D eigenvalue weighted by Crippen LogP contribution is 2.21. The molecule has 0 amide bonds. The number of aryl methyl sites for hydroxylation is 1. The molecule has 0 radical (unpaired) electrons. The van der Waals surface area contributed by atoms with Gasteiger partial charge in [-0.1, -0.05) is 18.9 Å². The summed E-state index contributed by atoms with van der Waals surface area (Å²) in [5, 5.41) is 3.55. The quantitative estimate of drug-likeness (QED) is 0.914. The molecule has 19 heavy (non-hydrogen) atoms. The Bertz CT molecular complexity index is 541. The van der Waals surface area contributed by atoms with Crippen molar-refractivity contribution in [3.05, 3.63) is 42.0 Å². The van der Waals surface area contributed by atoms with E-state index in [-0.39, 0.29) is 0 Å². The molecule has 2 aromatic rings. The molecule has 0 saturated heterocycles. The molecule has 1 fully saturated rings. The van der Waals surface area contributed by atoms with Crippen molar-refractivity contribution in [2.75, 3.05) is 5.32 Å². The fourth-order valence-corrected chi connectivity index (χ4v) is 2.69. The lowest BCUT2D eigenvalue weighted by molar-refractivity contribution is 0.710. The Morgan fingerprint density at radius 1 is 1.32 bits per heavy atom. The summed E-state index contributed by atoms with van der Waals surface area (Å²) in [6.45, 7) is 2.80. The van der Waals surface area contributed by atoms with Gasteiger partial charge in [0, 0.05) is 24.1 Å². The predicted molar refractivity (Wildman–Crippen MR) is 76.2 cm³/mol. The Morgan fingerprint density at radius 3 is 2.95 bits per heavy atom. The van der Waals surface area contributed by atoms with Crippen LogP contribution in [0.1, 0.15) is 37.1 Å². The van der Waals surface area contributed by atoms with Gasteiger partial charge in [-0.3, -0.25) is 4.98 Å². The second kappa shape index (κ2) is 5.43. The molecule has 4 heteroatoms. The molecule has 0 spiro atoms. The molecule has 4 nitrogen and oxygen atoms in total. The van der Waals surface area contributed by atoms with E-state index in [1.807, 2.05) is 25.4 Å². The van der Waals surface area contributed by atoms with E-state index >= 15 is 0 Å². The average Bonchev–Trinajstić information content (AvgIpc) is 3.03. The molecule has 0 bridgehead atoms. The van der Waals surface area contributed by atoms with E-state index in [1.54, 1.807) is 0 Å². The minimum absolute atomic E-state index is 0.589. The van der Waals surface area contributed by atoms with Crippen LogP contribution in [0.5, 0.6) is 0 Å². The van der Waals surface area contributed by atoms with E-state index < -0.39 is 0 Å². The van der Waals surface area contributed by atoms with Gasteiger partial charge >= 0.3 is 0 Å². The number of hydrogen-bond acceptors (Lipinski definition) is 3. The highest BCUT2D eigenvalue weighted by atomic mass is 15.2. The van der Waals surface area contributed by atoms with Crippen LogP contribution in [0.2, 0.25) is 0 Å². The normalized spacial score (nSPS) is 15.8. The Hall–Kier alpha value is -1.84. The van der Waals surface area contributed by atoms with Crippen LogP contribution in [0.4, 0.5) is 5.95 Å². The number of aromatic nitrogens is 3. The van der Waals surface area contributed by atoms with Crippen molar-refractivity contribution in [2.45, 2.75) is 45.2 Å². The number of nitrogens with zero attached hydrogens (tertiary/aromatic N) is 3. The van der Waals surface area contributed by atoms with Gasteiger partial charge in [-0.2, -0.15) is 0 Å². The number of rotatable bonds is 4. The number of pyridine rings is 1. The number of anilines is 1. The van der Waals surface area contributed by atoms with Crippen molar-refractivity contribution in [1.29, 1.82) is 0 Å². The Balaban J connectivity index is 1.72. The van der Waals surface area contributed by atoms with E-state index in [9.17, 15) is 0 Å². The second-order valence-corrected chi connectivity index (χ2v) is 5.27. The second-order valence-electron chi connectivity index (χ2n) is 5.27. The number of nitrogens with one attached hydrogen (secondary N) is 1. The molecule has 1 saturated carbocycles. The highest BCUT2D eigenvalue weighted by Gasteiger charge is 2.16. The first-order chi connectivity index (χ1) is 9.31. The molecule has 2 aromatic heterocycles. The third-order valence-corrected chi connectivity index (χ3v) is 3.68. The van der Waals surface area contributed by atoms with Crippen molar-refractivity contribution in [1.82, 2.24) is 14.5 Å². The maximum Gasteiger partial charge on any atom is 0.203 e.